The van der Waals surface area contributed by atoms with Gasteiger partial charge in [-0.3, -0.25) is 9.59 Å². The molecule has 1 N–H and O–H groups in total. The van der Waals surface area contributed by atoms with E-state index in [1.54, 1.807) is 0 Å². The zero-order valence-corrected chi connectivity index (χ0v) is 12.9. The molecule has 0 saturated carbocycles. The predicted octanol–water partition coefficient (Wildman–Crippen LogP) is 2.66. The van der Waals surface area contributed by atoms with E-state index in [4.69, 9.17) is 6.42 Å². The van der Waals surface area contributed by atoms with Crippen LogP contribution in [-0.4, -0.2) is 25.0 Å². The molecule has 4 heteroatoms. The van der Waals surface area contributed by atoms with Gasteiger partial charge in [-0.15, -0.1) is 6.42 Å². The highest BCUT2D eigenvalue weighted by molar-refractivity contribution is 5.80. The van der Waals surface area contributed by atoms with Crippen LogP contribution in [0.3, 0.4) is 0 Å². The molecule has 0 aromatic carbocycles. The Morgan fingerprint density at radius 2 is 1.90 bits per heavy atom. The summed E-state index contributed by atoms with van der Waals surface area (Å²) >= 11 is 0. The van der Waals surface area contributed by atoms with Crippen molar-refractivity contribution in [3.63, 3.8) is 0 Å². The molecule has 0 aromatic rings. The molecular weight excluding hydrogens is 254 g/mol. The molecule has 0 fully saturated rings. The summed E-state index contributed by atoms with van der Waals surface area (Å²) in [6.45, 7) is 4.07. The van der Waals surface area contributed by atoms with Gasteiger partial charge in [0.25, 0.3) is 0 Å². The summed E-state index contributed by atoms with van der Waals surface area (Å²) in [6, 6.07) is -0.586. The number of unbranched alkanes of at least 4 members (excludes halogenated alkanes) is 4. The molecule has 114 valence electrons. The Hall–Kier alpha value is -1.50. The van der Waals surface area contributed by atoms with Crippen molar-refractivity contribution in [1.82, 2.24) is 5.32 Å². The number of terminal acetylenes is 1. The van der Waals surface area contributed by atoms with E-state index in [1.807, 2.05) is 6.92 Å². The second kappa shape index (κ2) is 11.3. The number of carbonyl (C=O) groups excluding carboxylic acids is 2. The zero-order valence-electron chi connectivity index (χ0n) is 12.9. The molecule has 0 saturated heterocycles. The van der Waals surface area contributed by atoms with Crippen LogP contribution in [0.2, 0.25) is 0 Å². The first-order chi connectivity index (χ1) is 9.54. The molecule has 0 radical (unpaired) electrons. The summed E-state index contributed by atoms with van der Waals surface area (Å²) in [4.78, 5) is 23.1. The van der Waals surface area contributed by atoms with E-state index < -0.39 is 12.0 Å². The van der Waals surface area contributed by atoms with Gasteiger partial charge in [-0.05, 0) is 6.42 Å². The number of nitrogens with one attached hydrogen (secondary N) is 1. The van der Waals surface area contributed by atoms with Crippen LogP contribution >= 0.6 is 0 Å². The molecule has 2 atom stereocenters. The molecule has 0 spiro atoms. The average Bonchev–Trinajstić information content (AvgIpc) is 2.45. The number of rotatable bonds is 10. The molecule has 4 nitrogen and oxygen atoms in total. The summed E-state index contributed by atoms with van der Waals surface area (Å²) in [5.74, 6) is 1.82. The minimum atomic E-state index is -0.586. The van der Waals surface area contributed by atoms with E-state index in [2.05, 4.69) is 22.9 Å². The highest BCUT2D eigenvalue weighted by Crippen LogP contribution is 2.12. The minimum absolute atomic E-state index is 0.0158. The van der Waals surface area contributed by atoms with Crippen molar-refractivity contribution in [2.24, 2.45) is 5.92 Å². The van der Waals surface area contributed by atoms with Gasteiger partial charge in [0.1, 0.15) is 6.04 Å². The van der Waals surface area contributed by atoms with Crippen LogP contribution in [0.15, 0.2) is 0 Å². The molecule has 0 aliphatic carbocycles. The lowest BCUT2D eigenvalue weighted by molar-refractivity contribution is -0.141. The third kappa shape index (κ3) is 8.58. The van der Waals surface area contributed by atoms with E-state index in [9.17, 15) is 9.59 Å². The summed E-state index contributed by atoms with van der Waals surface area (Å²) in [6.07, 6.45) is 12.1. The molecule has 0 bridgehead atoms. The number of ether oxygens (including phenoxy) is 1. The molecule has 0 aliphatic heterocycles. The normalized spacial score (nSPS) is 13.1. The Balaban J connectivity index is 3.98. The lowest BCUT2D eigenvalue weighted by Crippen LogP contribution is -2.38. The Labute approximate surface area is 122 Å². The summed E-state index contributed by atoms with van der Waals surface area (Å²) < 4.78 is 4.54. The molecule has 20 heavy (non-hydrogen) atoms. The lowest BCUT2D eigenvalue weighted by atomic mass is 10.0. The summed E-state index contributed by atoms with van der Waals surface area (Å²) in [5.41, 5.74) is 0. The Kier molecular flexibility index (Phi) is 10.5. The van der Waals surface area contributed by atoms with Crippen LogP contribution in [0.1, 0.15) is 58.8 Å². The number of amides is 1. The van der Waals surface area contributed by atoms with Crippen LogP contribution in [0, 0.1) is 18.3 Å². The molecule has 0 rings (SSSR count). The fourth-order valence-corrected chi connectivity index (χ4v) is 1.90. The summed E-state index contributed by atoms with van der Waals surface area (Å²) in [7, 11) is 1.30. The van der Waals surface area contributed by atoms with E-state index in [1.165, 1.54) is 26.4 Å². The lowest BCUT2D eigenvalue weighted by Gasteiger charge is -2.16. The third-order valence-electron chi connectivity index (χ3n) is 3.30. The fourth-order valence-electron chi connectivity index (χ4n) is 1.90. The predicted molar refractivity (Wildman–Crippen MR) is 79.9 cm³/mol. The molecule has 0 heterocycles. The van der Waals surface area contributed by atoms with Gasteiger partial charge >= 0.3 is 5.97 Å². The zero-order chi connectivity index (χ0) is 15.4. The van der Waals surface area contributed by atoms with Gasteiger partial charge in [0, 0.05) is 5.92 Å². The van der Waals surface area contributed by atoms with Crippen molar-refractivity contribution >= 4 is 11.9 Å². The van der Waals surface area contributed by atoms with Gasteiger partial charge in [0.05, 0.1) is 13.5 Å². The van der Waals surface area contributed by atoms with E-state index in [0.29, 0.717) is 0 Å². The maximum Gasteiger partial charge on any atom is 0.308 e. The van der Waals surface area contributed by atoms with Crippen LogP contribution in [0.25, 0.3) is 0 Å². The van der Waals surface area contributed by atoms with E-state index >= 15 is 0 Å². The van der Waals surface area contributed by atoms with Crippen molar-refractivity contribution < 1.29 is 14.3 Å². The molecule has 1 unspecified atom stereocenters. The Morgan fingerprint density at radius 1 is 1.25 bits per heavy atom. The quantitative estimate of drug-likeness (QED) is 0.380. The van der Waals surface area contributed by atoms with Gasteiger partial charge in [-0.25, -0.2) is 0 Å². The standard InChI is InChI=1S/C16H27NO3/c1-5-7-8-9-10-11-13(3)16(19)17-14(6-2)12-15(18)20-4/h2,13-14H,5,7-12H2,1,3-4H3,(H,17,19)/t13?,14-/m1/s1. The first-order valence-electron chi connectivity index (χ1n) is 7.38. The van der Waals surface area contributed by atoms with E-state index in [0.717, 1.165) is 19.3 Å². The highest BCUT2D eigenvalue weighted by atomic mass is 16.5. The smallest absolute Gasteiger partial charge is 0.308 e. The molecular formula is C16H27NO3. The maximum atomic E-state index is 11.9. The Morgan fingerprint density at radius 3 is 2.45 bits per heavy atom. The van der Waals surface area contributed by atoms with Crippen LogP contribution in [0.5, 0.6) is 0 Å². The number of esters is 1. The largest absolute Gasteiger partial charge is 0.469 e. The van der Waals surface area contributed by atoms with Crippen LogP contribution in [-0.2, 0) is 14.3 Å². The minimum Gasteiger partial charge on any atom is -0.469 e. The Bertz CT molecular complexity index is 333. The van der Waals surface area contributed by atoms with Crippen molar-refractivity contribution in [3.8, 4) is 12.3 Å². The van der Waals surface area contributed by atoms with Crippen molar-refractivity contribution in [2.75, 3.05) is 7.11 Å². The van der Waals surface area contributed by atoms with Gasteiger partial charge in [-0.1, -0.05) is 51.9 Å². The fraction of sp³-hybridized carbons (Fsp3) is 0.750. The molecule has 0 aliphatic rings. The SMILES string of the molecule is C#C[C@H](CC(=O)OC)NC(=O)C(C)CCCCCCC. The van der Waals surface area contributed by atoms with Gasteiger partial charge in [0.2, 0.25) is 5.91 Å². The van der Waals surface area contributed by atoms with Gasteiger partial charge in [0.15, 0.2) is 0 Å². The van der Waals surface area contributed by atoms with Gasteiger partial charge in [-0.2, -0.15) is 0 Å². The third-order valence-corrected chi connectivity index (χ3v) is 3.30. The summed E-state index contributed by atoms with van der Waals surface area (Å²) in [5, 5.41) is 2.71. The first kappa shape index (κ1) is 18.5. The van der Waals surface area contributed by atoms with Gasteiger partial charge < -0.3 is 10.1 Å². The number of hydrogen-bond donors (Lipinski definition) is 1. The number of methoxy groups -OCH3 is 1. The second-order valence-electron chi connectivity index (χ2n) is 5.11. The number of carbonyl (C=O) groups is 2. The van der Waals surface area contributed by atoms with Crippen molar-refractivity contribution in [1.29, 1.82) is 0 Å². The average molecular weight is 281 g/mol. The topological polar surface area (TPSA) is 55.4 Å². The van der Waals surface area contributed by atoms with Crippen molar-refractivity contribution in [3.05, 3.63) is 0 Å². The molecule has 1 amide bonds. The first-order valence-corrected chi connectivity index (χ1v) is 7.38. The molecule has 0 aromatic heterocycles. The van der Waals surface area contributed by atoms with Crippen LogP contribution < -0.4 is 5.32 Å². The monoisotopic (exact) mass is 281 g/mol. The highest BCUT2D eigenvalue weighted by Gasteiger charge is 2.18. The van der Waals surface area contributed by atoms with Crippen molar-refractivity contribution in [2.45, 2.75) is 64.8 Å². The van der Waals surface area contributed by atoms with Crippen LogP contribution in [0.4, 0.5) is 0 Å². The maximum absolute atomic E-state index is 11.9. The second-order valence-corrected chi connectivity index (χ2v) is 5.11. The number of hydrogen-bond acceptors (Lipinski definition) is 3. The van der Waals surface area contributed by atoms with E-state index in [-0.39, 0.29) is 18.2 Å².